The van der Waals surface area contributed by atoms with E-state index < -0.39 is 0 Å². The van der Waals surface area contributed by atoms with Crippen molar-refractivity contribution in [3.8, 4) is 0 Å². The van der Waals surface area contributed by atoms with E-state index in [9.17, 15) is 4.79 Å². The molecule has 0 radical (unpaired) electrons. The molecule has 1 amide bonds. The van der Waals surface area contributed by atoms with Crippen molar-refractivity contribution in [2.45, 2.75) is 71.6 Å². The average molecular weight is 282 g/mol. The van der Waals surface area contributed by atoms with Gasteiger partial charge in [0.15, 0.2) is 0 Å². The van der Waals surface area contributed by atoms with E-state index in [1.807, 2.05) is 4.90 Å². The molecule has 20 heavy (non-hydrogen) atoms. The number of nitrogens with zero attached hydrogens (tertiary/aromatic N) is 1. The highest BCUT2D eigenvalue weighted by molar-refractivity contribution is 5.83. The Bertz CT molecular complexity index is 372. The van der Waals surface area contributed by atoms with E-state index in [1.165, 1.54) is 0 Å². The van der Waals surface area contributed by atoms with Crippen molar-refractivity contribution in [1.29, 1.82) is 0 Å². The van der Waals surface area contributed by atoms with Crippen LogP contribution in [0.2, 0.25) is 0 Å². The van der Waals surface area contributed by atoms with Gasteiger partial charge in [0.25, 0.3) is 0 Å². The lowest BCUT2D eigenvalue weighted by molar-refractivity contribution is -0.190. The number of nitrogens with one attached hydrogen (secondary N) is 1. The van der Waals surface area contributed by atoms with E-state index in [-0.39, 0.29) is 28.6 Å². The van der Waals surface area contributed by atoms with Gasteiger partial charge >= 0.3 is 0 Å². The largest absolute Gasteiger partial charge is 0.366 e. The quantitative estimate of drug-likeness (QED) is 0.801. The van der Waals surface area contributed by atoms with E-state index in [0.717, 1.165) is 19.4 Å². The van der Waals surface area contributed by atoms with Gasteiger partial charge in [-0.05, 0) is 52.5 Å². The lowest BCUT2D eigenvalue weighted by atomic mass is 9.76. The summed E-state index contributed by atoms with van der Waals surface area (Å²) < 4.78 is 6.07. The molecule has 1 N–H and O–H groups in total. The summed E-state index contributed by atoms with van der Waals surface area (Å²) in [5, 5.41) is 3.43. The van der Waals surface area contributed by atoms with Crippen LogP contribution in [0.3, 0.4) is 0 Å². The van der Waals surface area contributed by atoms with E-state index in [1.54, 1.807) is 0 Å². The van der Waals surface area contributed by atoms with Gasteiger partial charge in [0, 0.05) is 13.1 Å². The molecule has 0 bridgehead atoms. The number of carbonyl (C=O) groups excluding carboxylic acids is 1. The fourth-order valence-corrected chi connectivity index (χ4v) is 3.76. The molecule has 0 aromatic carbocycles. The molecule has 116 valence electrons. The molecule has 0 aromatic rings. The zero-order chi connectivity index (χ0) is 15.2. The van der Waals surface area contributed by atoms with Crippen LogP contribution in [-0.2, 0) is 9.53 Å². The Balaban J connectivity index is 2.15. The number of carbonyl (C=O) groups is 1. The molecular weight excluding hydrogens is 252 g/mol. The summed E-state index contributed by atoms with van der Waals surface area (Å²) in [5.74, 6) is 0.235. The van der Waals surface area contributed by atoms with Gasteiger partial charge in [0.2, 0.25) is 5.91 Å². The van der Waals surface area contributed by atoms with Crippen LogP contribution in [0.5, 0.6) is 0 Å². The van der Waals surface area contributed by atoms with Gasteiger partial charge in [-0.25, -0.2) is 0 Å². The van der Waals surface area contributed by atoms with Crippen LogP contribution in [0, 0.1) is 5.41 Å². The predicted molar refractivity (Wildman–Crippen MR) is 80.6 cm³/mol. The molecule has 0 aromatic heterocycles. The van der Waals surface area contributed by atoms with Gasteiger partial charge in [-0.1, -0.05) is 13.8 Å². The van der Waals surface area contributed by atoms with Crippen molar-refractivity contribution in [1.82, 2.24) is 10.2 Å². The third-order valence-corrected chi connectivity index (χ3v) is 4.38. The zero-order valence-corrected chi connectivity index (χ0v) is 13.9. The van der Waals surface area contributed by atoms with E-state index in [2.05, 4.69) is 46.9 Å². The maximum Gasteiger partial charge on any atom is 0.240 e. The van der Waals surface area contributed by atoms with Crippen LogP contribution >= 0.6 is 0 Å². The van der Waals surface area contributed by atoms with Crippen molar-refractivity contribution in [3.05, 3.63) is 0 Å². The summed E-state index contributed by atoms with van der Waals surface area (Å²) in [6, 6.07) is -0.0686. The lowest BCUT2D eigenvalue weighted by Gasteiger charge is -2.49. The fraction of sp³-hybridized carbons (Fsp3) is 0.938. The molecule has 2 aliphatic rings. The minimum Gasteiger partial charge on any atom is -0.366 e. The topological polar surface area (TPSA) is 41.6 Å². The second-order valence-corrected chi connectivity index (χ2v) is 8.30. The molecule has 4 nitrogen and oxygen atoms in total. The second-order valence-electron chi connectivity index (χ2n) is 8.30. The highest BCUT2D eigenvalue weighted by Gasteiger charge is 2.45. The van der Waals surface area contributed by atoms with Gasteiger partial charge in [-0.2, -0.15) is 0 Å². The standard InChI is InChI=1S/C16H30N2O2/c1-14(2)8-7-9-17-12(14)13(19)18-10-15(3,4)20-16(5,6)11-18/h12,17H,7-11H2,1-6H3. The number of piperidine rings is 1. The number of ether oxygens (including phenoxy) is 1. The molecule has 0 saturated carbocycles. The fourth-order valence-electron chi connectivity index (χ4n) is 3.76. The number of rotatable bonds is 1. The predicted octanol–water partition coefficient (Wildman–Crippen LogP) is 2.18. The van der Waals surface area contributed by atoms with E-state index >= 15 is 0 Å². The van der Waals surface area contributed by atoms with Crippen LogP contribution in [-0.4, -0.2) is 47.7 Å². The second kappa shape index (κ2) is 4.99. The minimum atomic E-state index is -0.282. The molecule has 2 aliphatic heterocycles. The molecule has 0 spiro atoms. The SMILES string of the molecule is CC1(C)CN(C(=O)C2NCCCC2(C)C)CC(C)(C)O1. The summed E-state index contributed by atoms with van der Waals surface area (Å²) in [5.41, 5.74) is -0.533. The first-order valence-electron chi connectivity index (χ1n) is 7.75. The van der Waals surface area contributed by atoms with Crippen molar-refractivity contribution in [3.63, 3.8) is 0 Å². The number of hydrogen-bond donors (Lipinski definition) is 1. The Labute approximate surface area is 123 Å². The molecule has 0 aliphatic carbocycles. The van der Waals surface area contributed by atoms with Crippen LogP contribution in [0.15, 0.2) is 0 Å². The van der Waals surface area contributed by atoms with E-state index in [4.69, 9.17) is 4.74 Å². The van der Waals surface area contributed by atoms with Crippen LogP contribution in [0.1, 0.15) is 54.4 Å². The monoisotopic (exact) mass is 282 g/mol. The molecule has 2 saturated heterocycles. The third kappa shape index (κ3) is 3.34. The van der Waals surface area contributed by atoms with Crippen molar-refractivity contribution >= 4 is 5.91 Å². The van der Waals surface area contributed by atoms with Crippen LogP contribution in [0.4, 0.5) is 0 Å². The van der Waals surface area contributed by atoms with Crippen LogP contribution < -0.4 is 5.32 Å². The zero-order valence-electron chi connectivity index (χ0n) is 13.9. The van der Waals surface area contributed by atoms with Gasteiger partial charge < -0.3 is 15.0 Å². The molecule has 2 fully saturated rings. The smallest absolute Gasteiger partial charge is 0.240 e. The first kappa shape index (κ1) is 15.8. The normalized spacial score (nSPS) is 31.9. The molecular formula is C16H30N2O2. The Hall–Kier alpha value is -0.610. The van der Waals surface area contributed by atoms with Crippen LogP contribution in [0.25, 0.3) is 0 Å². The lowest BCUT2D eigenvalue weighted by Crippen LogP contribution is -2.64. The van der Waals surface area contributed by atoms with Crippen molar-refractivity contribution < 1.29 is 9.53 Å². The Morgan fingerprint density at radius 2 is 1.65 bits per heavy atom. The molecule has 2 rings (SSSR count). The summed E-state index contributed by atoms with van der Waals surface area (Å²) >= 11 is 0. The molecule has 2 heterocycles. The Morgan fingerprint density at radius 3 is 2.15 bits per heavy atom. The molecule has 4 heteroatoms. The van der Waals surface area contributed by atoms with Gasteiger partial charge in [-0.15, -0.1) is 0 Å². The minimum absolute atomic E-state index is 0.0297. The van der Waals surface area contributed by atoms with Crippen molar-refractivity contribution in [2.75, 3.05) is 19.6 Å². The maximum absolute atomic E-state index is 13.0. The maximum atomic E-state index is 13.0. The van der Waals surface area contributed by atoms with Crippen molar-refractivity contribution in [2.24, 2.45) is 5.41 Å². The molecule has 1 atom stereocenters. The number of hydrogen-bond acceptors (Lipinski definition) is 3. The Morgan fingerprint density at radius 1 is 1.10 bits per heavy atom. The number of amides is 1. The third-order valence-electron chi connectivity index (χ3n) is 4.38. The average Bonchev–Trinajstić information content (AvgIpc) is 2.23. The molecule has 1 unspecified atom stereocenters. The summed E-state index contributed by atoms with van der Waals surface area (Å²) in [6.45, 7) is 14.9. The first-order chi connectivity index (χ1) is 9.03. The van der Waals surface area contributed by atoms with Gasteiger partial charge in [0.1, 0.15) is 0 Å². The summed E-state index contributed by atoms with van der Waals surface area (Å²) in [4.78, 5) is 14.9. The van der Waals surface area contributed by atoms with E-state index in [0.29, 0.717) is 13.1 Å². The summed E-state index contributed by atoms with van der Waals surface area (Å²) in [7, 11) is 0. The van der Waals surface area contributed by atoms with Gasteiger partial charge in [0.05, 0.1) is 17.2 Å². The highest BCUT2D eigenvalue weighted by atomic mass is 16.5. The highest BCUT2D eigenvalue weighted by Crippen LogP contribution is 2.34. The summed E-state index contributed by atoms with van der Waals surface area (Å²) in [6.07, 6.45) is 2.25. The first-order valence-corrected chi connectivity index (χ1v) is 7.75. The number of morpholine rings is 1. The Kier molecular flexibility index (Phi) is 3.93. The van der Waals surface area contributed by atoms with Gasteiger partial charge in [-0.3, -0.25) is 4.79 Å².